The van der Waals surface area contributed by atoms with E-state index >= 15 is 0 Å². The van der Waals surface area contributed by atoms with Crippen LogP contribution in [0.5, 0.6) is 0 Å². The summed E-state index contributed by atoms with van der Waals surface area (Å²) >= 11 is 0. The van der Waals surface area contributed by atoms with Crippen LogP contribution in [0.15, 0.2) is 0 Å². The third-order valence-electron chi connectivity index (χ3n) is 7.60. The summed E-state index contributed by atoms with van der Waals surface area (Å²) in [7, 11) is 0. The molecule has 4 rings (SSSR count). The second-order valence-electron chi connectivity index (χ2n) is 8.87. The molecule has 4 aliphatic rings. The predicted molar refractivity (Wildman–Crippen MR) is 87.5 cm³/mol. The average molecular weight is 330 g/mol. The van der Waals surface area contributed by atoms with Gasteiger partial charge in [-0.05, 0) is 93.3 Å². The zero-order valence-corrected chi connectivity index (χ0v) is 15.3. The molecule has 0 heterocycles. The van der Waals surface area contributed by atoms with Gasteiger partial charge in [0.25, 0.3) is 0 Å². The van der Waals surface area contributed by atoms with Gasteiger partial charge in [0.2, 0.25) is 0 Å². The van der Waals surface area contributed by atoms with Crippen LogP contribution in [-0.4, -0.2) is 0 Å². The molecule has 4 aliphatic carbocycles. The van der Waals surface area contributed by atoms with Crippen molar-refractivity contribution in [3.63, 3.8) is 0 Å². The zero-order valence-electron chi connectivity index (χ0n) is 14.1. The fourth-order valence-electron chi connectivity index (χ4n) is 6.69. The van der Waals surface area contributed by atoms with Crippen molar-refractivity contribution in [3.8, 4) is 0 Å². The molecule has 0 aromatic rings. The molecular weight excluding hydrogens is 295 g/mol. The summed E-state index contributed by atoms with van der Waals surface area (Å²) in [6.07, 6.45) is 23.7. The monoisotopic (exact) mass is 330 g/mol. The molecule has 0 saturated heterocycles. The second-order valence-corrected chi connectivity index (χ2v) is 8.87. The molecule has 0 aromatic carbocycles. The van der Waals surface area contributed by atoms with E-state index in [4.69, 9.17) is 0 Å². The first-order chi connectivity index (χ1) is 9.28. The third-order valence-corrected chi connectivity index (χ3v) is 7.60. The van der Waals surface area contributed by atoms with E-state index in [1.165, 1.54) is 0 Å². The van der Waals surface area contributed by atoms with E-state index in [1.54, 1.807) is 96.3 Å². The normalized spacial score (nSPS) is 36.0. The summed E-state index contributed by atoms with van der Waals surface area (Å²) in [6.45, 7) is 0. The van der Waals surface area contributed by atoms with Crippen molar-refractivity contribution in [3.05, 3.63) is 7.43 Å². The fourth-order valence-corrected chi connectivity index (χ4v) is 6.69. The molecule has 4 fully saturated rings. The van der Waals surface area contributed by atoms with Crippen LogP contribution in [0.3, 0.4) is 0 Å². The first-order valence-corrected chi connectivity index (χ1v) is 9.28. The Labute approximate surface area is 143 Å². The Hall–Kier alpha value is 0.519. The Morgan fingerprint density at radius 2 is 1.00 bits per heavy atom. The largest absolute Gasteiger partial charge is 0.358 e. The summed E-state index contributed by atoms with van der Waals surface area (Å²) in [5.74, 6) is 2.25. The quantitative estimate of drug-likeness (QED) is 0.398. The van der Waals surface area contributed by atoms with E-state index in [-0.39, 0.29) is 24.5 Å². The molecule has 123 valence electrons. The minimum atomic E-state index is 0. The van der Waals surface area contributed by atoms with E-state index in [1.807, 2.05) is 0 Å². The Kier molecular flexibility index (Phi) is 5.92. The van der Waals surface area contributed by atoms with Crippen molar-refractivity contribution in [2.24, 2.45) is 22.7 Å². The first kappa shape index (κ1) is 17.9. The molecule has 1 heteroatoms. The molecule has 2 spiro atoms. The molecule has 0 aliphatic heterocycles. The van der Waals surface area contributed by atoms with Crippen LogP contribution in [0, 0.1) is 30.1 Å². The van der Waals surface area contributed by atoms with Gasteiger partial charge in [0.1, 0.15) is 0 Å². The standard InChI is InChI=1S/C19H32.CH3.Mn/c1-2-8-18(7-1)11-5-16(14-18)13-17-6-12-19(15-17)9-3-4-10-19;;/h16-17H,1-15H2;1H3;/q;-1;. The molecule has 0 N–H and O–H groups in total. The van der Waals surface area contributed by atoms with Gasteiger partial charge in [-0.2, -0.15) is 0 Å². The van der Waals surface area contributed by atoms with Crippen molar-refractivity contribution in [2.75, 3.05) is 0 Å². The van der Waals surface area contributed by atoms with Crippen LogP contribution in [-0.2, 0) is 17.1 Å². The van der Waals surface area contributed by atoms with Crippen molar-refractivity contribution >= 4 is 0 Å². The minimum absolute atomic E-state index is 0. The van der Waals surface area contributed by atoms with Gasteiger partial charge in [-0.15, -0.1) is 0 Å². The number of hydrogen-bond acceptors (Lipinski definition) is 0. The third kappa shape index (κ3) is 3.55. The molecule has 0 bridgehead atoms. The Bertz CT molecular complexity index is 291. The van der Waals surface area contributed by atoms with Crippen molar-refractivity contribution in [1.82, 2.24) is 0 Å². The molecule has 1 radical (unpaired) electrons. The van der Waals surface area contributed by atoms with Gasteiger partial charge in [0.05, 0.1) is 0 Å². The Morgan fingerprint density at radius 3 is 1.38 bits per heavy atom. The predicted octanol–water partition coefficient (Wildman–Crippen LogP) is 6.55. The van der Waals surface area contributed by atoms with Gasteiger partial charge in [0, 0.05) is 17.1 Å². The van der Waals surface area contributed by atoms with E-state index in [2.05, 4.69) is 0 Å². The number of hydrogen-bond donors (Lipinski definition) is 0. The number of rotatable bonds is 2. The van der Waals surface area contributed by atoms with Crippen LogP contribution < -0.4 is 0 Å². The zero-order chi connectivity index (χ0) is 12.8. The Morgan fingerprint density at radius 1 is 0.619 bits per heavy atom. The van der Waals surface area contributed by atoms with E-state index in [9.17, 15) is 0 Å². The van der Waals surface area contributed by atoms with E-state index < -0.39 is 0 Å². The van der Waals surface area contributed by atoms with Crippen molar-refractivity contribution < 1.29 is 17.1 Å². The Balaban J connectivity index is 0.000000807. The van der Waals surface area contributed by atoms with E-state index in [0.29, 0.717) is 0 Å². The van der Waals surface area contributed by atoms with Crippen LogP contribution >= 0.6 is 0 Å². The average Bonchev–Trinajstić information content (AvgIpc) is 3.16. The molecule has 0 nitrogen and oxygen atoms in total. The molecule has 2 unspecified atom stereocenters. The fraction of sp³-hybridized carbons (Fsp3) is 0.950. The minimum Gasteiger partial charge on any atom is -0.358 e. The van der Waals surface area contributed by atoms with Crippen LogP contribution in [0.25, 0.3) is 0 Å². The molecular formula is C20H35Mn-. The topological polar surface area (TPSA) is 0 Å². The van der Waals surface area contributed by atoms with Crippen LogP contribution in [0.2, 0.25) is 0 Å². The smallest absolute Gasteiger partial charge is 0 e. The maximum atomic E-state index is 1.62. The van der Waals surface area contributed by atoms with Gasteiger partial charge in [0.15, 0.2) is 0 Å². The molecule has 2 atom stereocenters. The van der Waals surface area contributed by atoms with Gasteiger partial charge >= 0.3 is 0 Å². The molecule has 0 amide bonds. The van der Waals surface area contributed by atoms with Gasteiger partial charge in [-0.25, -0.2) is 0 Å². The summed E-state index contributed by atoms with van der Waals surface area (Å²) < 4.78 is 0. The summed E-state index contributed by atoms with van der Waals surface area (Å²) in [5, 5.41) is 0. The maximum Gasteiger partial charge on any atom is 0 e. The second kappa shape index (κ2) is 6.96. The molecule has 21 heavy (non-hydrogen) atoms. The molecule has 4 saturated carbocycles. The van der Waals surface area contributed by atoms with Gasteiger partial charge < -0.3 is 7.43 Å². The van der Waals surface area contributed by atoms with Crippen LogP contribution in [0.1, 0.15) is 96.3 Å². The summed E-state index contributed by atoms with van der Waals surface area (Å²) in [5.41, 5.74) is 1.71. The van der Waals surface area contributed by atoms with E-state index in [0.717, 1.165) is 22.7 Å². The summed E-state index contributed by atoms with van der Waals surface area (Å²) in [6, 6.07) is 0. The van der Waals surface area contributed by atoms with Crippen LogP contribution in [0.4, 0.5) is 0 Å². The van der Waals surface area contributed by atoms with Gasteiger partial charge in [-0.1, -0.05) is 25.7 Å². The summed E-state index contributed by atoms with van der Waals surface area (Å²) in [4.78, 5) is 0. The first-order valence-electron chi connectivity index (χ1n) is 9.28. The van der Waals surface area contributed by atoms with Crippen molar-refractivity contribution in [2.45, 2.75) is 96.3 Å². The molecule has 0 aromatic heterocycles. The maximum absolute atomic E-state index is 1.62. The SMILES string of the molecule is C1CCC2(C1)CCC(CC1CCC3(CCCC3)C1)C2.[CH3-].[Mn]. The van der Waals surface area contributed by atoms with Crippen molar-refractivity contribution in [1.29, 1.82) is 0 Å². The van der Waals surface area contributed by atoms with Gasteiger partial charge in [-0.3, -0.25) is 0 Å².